The molecule has 1 aromatic carbocycles. The molecule has 0 heterocycles. The van der Waals surface area contributed by atoms with Crippen LogP contribution in [0.3, 0.4) is 0 Å². The molecule has 112 valence electrons. The third-order valence-electron chi connectivity index (χ3n) is 2.48. The standard InChI is InChI=1S/C15H25NO3Si/c1-6-18-14-9-7-13(8-10-14)16-15(17)11-12(2)19-20(3,4)5/h7-10,12H,6,11H2,1-5H3,(H,16,17). The molecule has 1 unspecified atom stereocenters. The van der Waals surface area contributed by atoms with Gasteiger partial charge in [-0.3, -0.25) is 4.79 Å². The second kappa shape index (κ2) is 7.45. The van der Waals surface area contributed by atoms with Crippen LogP contribution in [0.4, 0.5) is 5.69 Å². The normalized spacial score (nSPS) is 12.8. The van der Waals surface area contributed by atoms with Crippen LogP contribution < -0.4 is 10.1 Å². The fraction of sp³-hybridized carbons (Fsp3) is 0.533. The Morgan fingerprint density at radius 2 is 1.85 bits per heavy atom. The third-order valence-corrected chi connectivity index (χ3v) is 3.59. The number of ether oxygens (including phenoxy) is 1. The average molecular weight is 295 g/mol. The van der Waals surface area contributed by atoms with Crippen molar-refractivity contribution < 1.29 is 14.0 Å². The van der Waals surface area contributed by atoms with Crippen molar-refractivity contribution in [3.8, 4) is 5.75 Å². The van der Waals surface area contributed by atoms with Gasteiger partial charge in [0.05, 0.1) is 19.1 Å². The molecule has 0 fully saturated rings. The lowest BCUT2D eigenvalue weighted by atomic mass is 10.2. The maximum atomic E-state index is 11.9. The number of rotatable bonds is 7. The molecule has 0 bridgehead atoms. The van der Waals surface area contributed by atoms with E-state index in [1.807, 2.05) is 38.1 Å². The summed E-state index contributed by atoms with van der Waals surface area (Å²) in [6.45, 7) is 10.9. The van der Waals surface area contributed by atoms with Crippen LogP contribution in [0.1, 0.15) is 20.3 Å². The van der Waals surface area contributed by atoms with Crippen molar-refractivity contribution in [2.45, 2.75) is 46.0 Å². The number of carbonyl (C=O) groups excluding carboxylic acids is 1. The van der Waals surface area contributed by atoms with Crippen molar-refractivity contribution in [2.75, 3.05) is 11.9 Å². The van der Waals surface area contributed by atoms with Crippen molar-refractivity contribution >= 4 is 19.9 Å². The number of benzene rings is 1. The van der Waals surface area contributed by atoms with Gasteiger partial charge < -0.3 is 14.5 Å². The number of amides is 1. The van der Waals surface area contributed by atoms with E-state index in [0.717, 1.165) is 11.4 Å². The SMILES string of the molecule is CCOc1ccc(NC(=O)CC(C)O[Si](C)(C)C)cc1. The van der Waals surface area contributed by atoms with Crippen LogP contribution in [0.15, 0.2) is 24.3 Å². The van der Waals surface area contributed by atoms with E-state index < -0.39 is 8.32 Å². The van der Waals surface area contributed by atoms with Gasteiger partial charge in [-0.25, -0.2) is 0 Å². The Morgan fingerprint density at radius 1 is 1.25 bits per heavy atom. The summed E-state index contributed by atoms with van der Waals surface area (Å²) >= 11 is 0. The molecule has 1 rings (SSSR count). The zero-order chi connectivity index (χ0) is 15.2. The van der Waals surface area contributed by atoms with E-state index in [1.165, 1.54) is 0 Å². The first kappa shape index (κ1) is 16.7. The van der Waals surface area contributed by atoms with Crippen LogP contribution in [-0.4, -0.2) is 26.9 Å². The highest BCUT2D eigenvalue weighted by atomic mass is 28.4. The van der Waals surface area contributed by atoms with Crippen molar-refractivity contribution in [2.24, 2.45) is 0 Å². The van der Waals surface area contributed by atoms with E-state index in [2.05, 4.69) is 25.0 Å². The second-order valence-electron chi connectivity index (χ2n) is 5.75. The van der Waals surface area contributed by atoms with Gasteiger partial charge in [-0.2, -0.15) is 0 Å². The Morgan fingerprint density at radius 3 is 2.35 bits per heavy atom. The number of hydrogen-bond acceptors (Lipinski definition) is 3. The quantitative estimate of drug-likeness (QED) is 0.781. The fourth-order valence-electron chi connectivity index (χ4n) is 1.92. The average Bonchev–Trinajstić information content (AvgIpc) is 2.29. The van der Waals surface area contributed by atoms with E-state index in [1.54, 1.807) is 0 Å². The predicted octanol–water partition coefficient (Wildman–Crippen LogP) is 3.65. The maximum Gasteiger partial charge on any atom is 0.226 e. The Bertz CT molecular complexity index is 426. The van der Waals surface area contributed by atoms with Crippen molar-refractivity contribution in [3.63, 3.8) is 0 Å². The summed E-state index contributed by atoms with van der Waals surface area (Å²) in [7, 11) is -1.59. The maximum absolute atomic E-state index is 11.9. The Labute approximate surface area is 122 Å². The van der Waals surface area contributed by atoms with Gasteiger partial charge in [0.15, 0.2) is 8.32 Å². The van der Waals surface area contributed by atoms with E-state index in [-0.39, 0.29) is 12.0 Å². The van der Waals surface area contributed by atoms with Crippen LogP contribution in [0.2, 0.25) is 19.6 Å². The molecule has 0 aliphatic rings. The van der Waals surface area contributed by atoms with E-state index in [4.69, 9.17) is 9.16 Å². The molecule has 0 radical (unpaired) electrons. The molecule has 0 aliphatic carbocycles. The molecule has 20 heavy (non-hydrogen) atoms. The van der Waals surface area contributed by atoms with Crippen molar-refractivity contribution in [1.82, 2.24) is 0 Å². The fourth-order valence-corrected chi connectivity index (χ4v) is 3.21. The number of anilines is 1. The topological polar surface area (TPSA) is 47.6 Å². The highest BCUT2D eigenvalue weighted by molar-refractivity contribution is 6.69. The second-order valence-corrected chi connectivity index (χ2v) is 10.2. The molecule has 4 nitrogen and oxygen atoms in total. The number of carbonyl (C=O) groups is 1. The van der Waals surface area contributed by atoms with Gasteiger partial charge in [0.1, 0.15) is 5.75 Å². The summed E-state index contributed by atoms with van der Waals surface area (Å²) in [6.07, 6.45) is 0.321. The molecule has 5 heteroatoms. The number of hydrogen-bond donors (Lipinski definition) is 1. The smallest absolute Gasteiger partial charge is 0.226 e. The van der Waals surface area contributed by atoms with Gasteiger partial charge in [-0.15, -0.1) is 0 Å². The zero-order valence-corrected chi connectivity index (χ0v) is 14.0. The summed E-state index contributed by atoms with van der Waals surface area (Å²) in [6, 6.07) is 7.38. The molecule has 1 atom stereocenters. The lowest BCUT2D eigenvalue weighted by Crippen LogP contribution is -2.32. The lowest BCUT2D eigenvalue weighted by Gasteiger charge is -2.23. The summed E-state index contributed by atoms with van der Waals surface area (Å²) < 4.78 is 11.2. The molecule has 1 N–H and O–H groups in total. The minimum atomic E-state index is -1.59. The third kappa shape index (κ3) is 6.72. The summed E-state index contributed by atoms with van der Waals surface area (Å²) in [5.74, 6) is 0.779. The molecule has 1 aromatic rings. The first-order chi connectivity index (χ1) is 9.30. The van der Waals surface area contributed by atoms with E-state index in [9.17, 15) is 4.79 Å². The first-order valence-electron chi connectivity index (χ1n) is 7.00. The largest absolute Gasteiger partial charge is 0.494 e. The predicted molar refractivity (Wildman–Crippen MR) is 84.8 cm³/mol. The van der Waals surface area contributed by atoms with Crippen LogP contribution in [0, 0.1) is 0 Å². The summed E-state index contributed by atoms with van der Waals surface area (Å²) in [5.41, 5.74) is 0.777. The molecule has 0 saturated heterocycles. The van der Waals surface area contributed by atoms with Gasteiger partial charge in [0.2, 0.25) is 5.91 Å². The Balaban J connectivity index is 2.45. The Hall–Kier alpha value is -1.33. The molecule has 0 spiro atoms. The van der Waals surface area contributed by atoms with Crippen molar-refractivity contribution in [1.29, 1.82) is 0 Å². The van der Waals surface area contributed by atoms with Crippen LogP contribution in [0.25, 0.3) is 0 Å². The van der Waals surface area contributed by atoms with Gasteiger partial charge in [0.25, 0.3) is 0 Å². The van der Waals surface area contributed by atoms with Gasteiger partial charge in [-0.05, 0) is 57.8 Å². The Kier molecular flexibility index (Phi) is 6.23. The van der Waals surface area contributed by atoms with E-state index >= 15 is 0 Å². The molecular formula is C15H25NO3Si. The summed E-state index contributed by atoms with van der Waals surface area (Å²) in [5, 5.41) is 2.87. The highest BCUT2D eigenvalue weighted by Gasteiger charge is 2.20. The summed E-state index contributed by atoms with van der Waals surface area (Å²) in [4.78, 5) is 11.9. The van der Waals surface area contributed by atoms with E-state index in [0.29, 0.717) is 13.0 Å². The molecule has 0 saturated carbocycles. The van der Waals surface area contributed by atoms with Gasteiger partial charge in [0, 0.05) is 5.69 Å². The highest BCUT2D eigenvalue weighted by Crippen LogP contribution is 2.16. The zero-order valence-electron chi connectivity index (χ0n) is 13.0. The monoisotopic (exact) mass is 295 g/mol. The molecule has 0 aliphatic heterocycles. The molecule has 1 amide bonds. The number of nitrogens with one attached hydrogen (secondary N) is 1. The molecule has 0 aromatic heterocycles. The minimum Gasteiger partial charge on any atom is -0.494 e. The molecular weight excluding hydrogens is 270 g/mol. The van der Waals surface area contributed by atoms with Crippen molar-refractivity contribution in [3.05, 3.63) is 24.3 Å². The van der Waals surface area contributed by atoms with Gasteiger partial charge in [-0.1, -0.05) is 0 Å². The lowest BCUT2D eigenvalue weighted by molar-refractivity contribution is -0.117. The van der Waals surface area contributed by atoms with Crippen LogP contribution in [0.5, 0.6) is 5.75 Å². The van der Waals surface area contributed by atoms with Crippen LogP contribution in [-0.2, 0) is 9.22 Å². The van der Waals surface area contributed by atoms with Crippen LogP contribution >= 0.6 is 0 Å². The van der Waals surface area contributed by atoms with Gasteiger partial charge >= 0.3 is 0 Å². The first-order valence-corrected chi connectivity index (χ1v) is 10.4. The minimum absolute atomic E-state index is 0.0279.